The van der Waals surface area contributed by atoms with Crippen LogP contribution in [0.3, 0.4) is 0 Å². The largest absolute Gasteiger partial charge is 0.484 e. The van der Waals surface area contributed by atoms with Crippen molar-refractivity contribution in [3.05, 3.63) is 63.6 Å². The third kappa shape index (κ3) is 3.49. The summed E-state index contributed by atoms with van der Waals surface area (Å²) < 4.78 is 5.42. The van der Waals surface area contributed by atoms with Crippen LogP contribution in [0.5, 0.6) is 5.75 Å². The first-order valence-corrected chi connectivity index (χ1v) is 6.50. The molecule has 0 saturated heterocycles. The average molecular weight is 295 g/mol. The molecule has 2 rings (SSSR count). The normalized spacial score (nSPS) is 10.3. The molecule has 2 aromatic carbocycles. The number of rotatable bonds is 4. The van der Waals surface area contributed by atoms with Gasteiger partial charge in [-0.15, -0.1) is 0 Å². The maximum absolute atomic E-state index is 12.0. The van der Waals surface area contributed by atoms with Gasteiger partial charge >= 0.3 is 0 Å². The molecular formula is C15H12Cl2O2. The van der Waals surface area contributed by atoms with Crippen LogP contribution in [0.25, 0.3) is 0 Å². The van der Waals surface area contributed by atoms with Crippen LogP contribution in [-0.4, -0.2) is 12.4 Å². The number of carbonyl (C=O) groups is 1. The Kier molecular flexibility index (Phi) is 4.46. The van der Waals surface area contributed by atoms with Gasteiger partial charge in [0.2, 0.25) is 0 Å². The predicted molar refractivity (Wildman–Crippen MR) is 77.5 cm³/mol. The minimum absolute atomic E-state index is 0.0494. The number of halogens is 2. The number of carbonyl (C=O) groups excluding carboxylic acids is 1. The summed E-state index contributed by atoms with van der Waals surface area (Å²) in [6.07, 6.45) is 0. The van der Waals surface area contributed by atoms with E-state index < -0.39 is 0 Å². The molecule has 0 heterocycles. The maximum atomic E-state index is 12.0. The Hall–Kier alpha value is -1.51. The highest BCUT2D eigenvalue weighted by Crippen LogP contribution is 2.27. The number of aryl methyl sites for hydroxylation is 1. The van der Waals surface area contributed by atoms with Gasteiger partial charge in [0.25, 0.3) is 0 Å². The number of hydrogen-bond donors (Lipinski definition) is 0. The van der Waals surface area contributed by atoms with Crippen molar-refractivity contribution in [2.75, 3.05) is 6.61 Å². The van der Waals surface area contributed by atoms with Crippen LogP contribution in [0.15, 0.2) is 42.5 Å². The Morgan fingerprint density at radius 3 is 2.58 bits per heavy atom. The molecular weight excluding hydrogens is 283 g/mol. The van der Waals surface area contributed by atoms with Gasteiger partial charge in [0, 0.05) is 10.6 Å². The van der Waals surface area contributed by atoms with Crippen LogP contribution in [0, 0.1) is 6.92 Å². The van der Waals surface area contributed by atoms with Gasteiger partial charge in [-0.05, 0) is 30.7 Å². The second-order valence-corrected chi connectivity index (χ2v) is 4.95. The zero-order chi connectivity index (χ0) is 13.8. The van der Waals surface area contributed by atoms with Gasteiger partial charge in [0.05, 0.1) is 5.02 Å². The van der Waals surface area contributed by atoms with Crippen LogP contribution in [0.1, 0.15) is 15.9 Å². The lowest BCUT2D eigenvalue weighted by molar-refractivity contribution is 0.0921. The zero-order valence-corrected chi connectivity index (χ0v) is 11.8. The summed E-state index contributed by atoms with van der Waals surface area (Å²) in [5.41, 5.74) is 1.59. The molecule has 0 bridgehead atoms. The number of ether oxygens (including phenoxy) is 1. The zero-order valence-electron chi connectivity index (χ0n) is 10.3. The minimum Gasteiger partial charge on any atom is -0.484 e. The number of Topliss-reactive ketones (excluding diaryl/α,β-unsaturated/α-hetero) is 1. The van der Waals surface area contributed by atoms with Crippen LogP contribution in [0.4, 0.5) is 0 Å². The molecule has 0 amide bonds. The summed E-state index contributed by atoms with van der Waals surface area (Å²) in [7, 11) is 0. The molecule has 0 N–H and O–H groups in total. The lowest BCUT2D eigenvalue weighted by atomic mass is 10.1. The summed E-state index contributed by atoms with van der Waals surface area (Å²) in [4.78, 5) is 12.0. The first kappa shape index (κ1) is 13.9. The highest BCUT2D eigenvalue weighted by molar-refractivity contribution is 6.35. The van der Waals surface area contributed by atoms with Gasteiger partial charge in [-0.25, -0.2) is 0 Å². The standard InChI is InChI=1S/C15H12Cl2O2/c1-10-4-2-3-5-12(10)14(18)9-19-15-7-6-11(16)8-13(15)17/h2-8H,9H2,1H3. The minimum atomic E-state index is -0.0795. The Labute approximate surface area is 121 Å². The van der Waals surface area contributed by atoms with Crippen molar-refractivity contribution in [2.45, 2.75) is 6.92 Å². The molecule has 0 radical (unpaired) electrons. The predicted octanol–water partition coefficient (Wildman–Crippen LogP) is 4.56. The van der Waals surface area contributed by atoms with Gasteiger partial charge in [0.1, 0.15) is 5.75 Å². The quantitative estimate of drug-likeness (QED) is 0.773. The van der Waals surface area contributed by atoms with Crippen LogP contribution in [-0.2, 0) is 0 Å². The van der Waals surface area contributed by atoms with Gasteiger partial charge in [-0.2, -0.15) is 0 Å². The van der Waals surface area contributed by atoms with E-state index in [1.54, 1.807) is 24.3 Å². The molecule has 4 heteroatoms. The Bertz CT molecular complexity index is 609. The molecule has 2 nitrogen and oxygen atoms in total. The SMILES string of the molecule is Cc1ccccc1C(=O)COc1ccc(Cl)cc1Cl. The van der Waals surface area contributed by atoms with E-state index in [2.05, 4.69) is 0 Å². The molecule has 0 unspecified atom stereocenters. The van der Waals surface area contributed by atoms with Crippen molar-refractivity contribution in [1.82, 2.24) is 0 Å². The molecule has 98 valence electrons. The summed E-state index contributed by atoms with van der Waals surface area (Å²) in [6, 6.07) is 12.3. The molecule has 0 saturated carbocycles. The second kappa shape index (κ2) is 6.09. The van der Waals surface area contributed by atoms with E-state index in [4.69, 9.17) is 27.9 Å². The first-order valence-electron chi connectivity index (χ1n) is 5.74. The molecule has 0 aromatic heterocycles. The fourth-order valence-corrected chi connectivity index (χ4v) is 2.16. The molecule has 19 heavy (non-hydrogen) atoms. The van der Waals surface area contributed by atoms with Crippen molar-refractivity contribution in [3.8, 4) is 5.75 Å². The monoisotopic (exact) mass is 294 g/mol. The molecule has 0 aliphatic heterocycles. The first-order chi connectivity index (χ1) is 9.08. The molecule has 0 aliphatic rings. The molecule has 0 aliphatic carbocycles. The van der Waals surface area contributed by atoms with Crippen molar-refractivity contribution < 1.29 is 9.53 Å². The third-order valence-electron chi connectivity index (χ3n) is 2.70. The topological polar surface area (TPSA) is 26.3 Å². The highest BCUT2D eigenvalue weighted by atomic mass is 35.5. The molecule has 0 spiro atoms. The number of benzene rings is 2. The van der Waals surface area contributed by atoms with E-state index in [1.165, 1.54) is 0 Å². The van der Waals surface area contributed by atoms with Crippen molar-refractivity contribution in [3.63, 3.8) is 0 Å². The van der Waals surface area contributed by atoms with Crippen molar-refractivity contribution in [1.29, 1.82) is 0 Å². The maximum Gasteiger partial charge on any atom is 0.200 e. The van der Waals surface area contributed by atoms with Crippen LogP contribution in [0.2, 0.25) is 10.0 Å². The second-order valence-electron chi connectivity index (χ2n) is 4.10. The van der Waals surface area contributed by atoms with Gasteiger partial charge in [0.15, 0.2) is 12.4 Å². The van der Waals surface area contributed by atoms with E-state index in [1.807, 2.05) is 25.1 Å². The van der Waals surface area contributed by atoms with Gasteiger partial charge in [-0.3, -0.25) is 4.79 Å². The third-order valence-corrected chi connectivity index (χ3v) is 3.23. The van der Waals surface area contributed by atoms with E-state index in [0.717, 1.165) is 5.56 Å². The molecule has 0 fully saturated rings. The number of hydrogen-bond acceptors (Lipinski definition) is 2. The Balaban J connectivity index is 2.07. The van der Waals surface area contributed by atoms with E-state index in [0.29, 0.717) is 21.4 Å². The lowest BCUT2D eigenvalue weighted by Gasteiger charge is -2.08. The van der Waals surface area contributed by atoms with E-state index in [-0.39, 0.29) is 12.4 Å². The lowest BCUT2D eigenvalue weighted by Crippen LogP contribution is -2.12. The van der Waals surface area contributed by atoms with E-state index in [9.17, 15) is 4.79 Å². The Morgan fingerprint density at radius 2 is 1.89 bits per heavy atom. The van der Waals surface area contributed by atoms with Gasteiger partial charge < -0.3 is 4.74 Å². The molecule has 0 atom stereocenters. The van der Waals surface area contributed by atoms with Crippen LogP contribution < -0.4 is 4.74 Å². The smallest absolute Gasteiger partial charge is 0.200 e. The fourth-order valence-electron chi connectivity index (χ4n) is 1.70. The highest BCUT2D eigenvalue weighted by Gasteiger charge is 2.10. The Morgan fingerprint density at radius 1 is 1.16 bits per heavy atom. The van der Waals surface area contributed by atoms with Gasteiger partial charge in [-0.1, -0.05) is 47.5 Å². The van der Waals surface area contributed by atoms with Crippen molar-refractivity contribution in [2.24, 2.45) is 0 Å². The summed E-state index contributed by atoms with van der Waals surface area (Å²) in [5, 5.41) is 0.924. The van der Waals surface area contributed by atoms with E-state index >= 15 is 0 Å². The average Bonchev–Trinajstić information content (AvgIpc) is 2.38. The summed E-state index contributed by atoms with van der Waals surface area (Å²) >= 11 is 11.8. The fraction of sp³-hybridized carbons (Fsp3) is 0.133. The summed E-state index contributed by atoms with van der Waals surface area (Å²) in [5.74, 6) is 0.372. The summed E-state index contributed by atoms with van der Waals surface area (Å²) in [6.45, 7) is 1.84. The van der Waals surface area contributed by atoms with Crippen molar-refractivity contribution >= 4 is 29.0 Å². The van der Waals surface area contributed by atoms with Crippen LogP contribution >= 0.6 is 23.2 Å². The number of ketones is 1. The molecule has 2 aromatic rings.